The summed E-state index contributed by atoms with van der Waals surface area (Å²) in [7, 11) is -3.50. The average Bonchev–Trinajstić information content (AvgIpc) is 2.16. The molecule has 7 nitrogen and oxygen atoms in total. The predicted molar refractivity (Wildman–Crippen MR) is 60.4 cm³/mol. The lowest BCUT2D eigenvalue weighted by molar-refractivity contribution is 0.0363. The van der Waals surface area contributed by atoms with E-state index < -0.39 is 16.3 Å². The van der Waals surface area contributed by atoms with Crippen LogP contribution in [0.25, 0.3) is 0 Å². The second kappa shape index (κ2) is 5.09. The SMILES string of the molecule is CC(C)NS(=O)(=O)N1CCOC(C(=N)N)C1. The van der Waals surface area contributed by atoms with Crippen molar-refractivity contribution in [1.82, 2.24) is 9.03 Å². The Kier molecular flexibility index (Phi) is 4.25. The van der Waals surface area contributed by atoms with E-state index >= 15 is 0 Å². The first kappa shape index (κ1) is 13.4. The molecule has 0 bridgehead atoms. The molecule has 0 saturated carbocycles. The van der Waals surface area contributed by atoms with E-state index in [1.54, 1.807) is 13.8 Å². The van der Waals surface area contributed by atoms with E-state index in [4.69, 9.17) is 15.9 Å². The van der Waals surface area contributed by atoms with Gasteiger partial charge in [0.2, 0.25) is 0 Å². The first-order valence-electron chi connectivity index (χ1n) is 5.06. The largest absolute Gasteiger partial charge is 0.385 e. The molecule has 1 aliphatic heterocycles. The zero-order valence-corrected chi connectivity index (χ0v) is 10.3. The fourth-order valence-corrected chi connectivity index (χ4v) is 2.80. The summed E-state index contributed by atoms with van der Waals surface area (Å²) < 4.78 is 32.5. The number of amidine groups is 1. The maximum atomic E-state index is 11.8. The lowest BCUT2D eigenvalue weighted by Gasteiger charge is -2.31. The molecule has 0 aromatic carbocycles. The Hall–Kier alpha value is -0.700. The zero-order valence-electron chi connectivity index (χ0n) is 9.43. The van der Waals surface area contributed by atoms with Gasteiger partial charge in [0.05, 0.1) is 6.61 Å². The van der Waals surface area contributed by atoms with Crippen LogP contribution in [0.3, 0.4) is 0 Å². The molecule has 94 valence electrons. The maximum Gasteiger partial charge on any atom is 0.279 e. The van der Waals surface area contributed by atoms with Gasteiger partial charge in [0.15, 0.2) is 0 Å². The highest BCUT2D eigenvalue weighted by Crippen LogP contribution is 2.09. The number of nitrogens with zero attached hydrogens (tertiary/aromatic N) is 1. The van der Waals surface area contributed by atoms with Crippen LogP contribution < -0.4 is 10.5 Å². The van der Waals surface area contributed by atoms with Crippen molar-refractivity contribution >= 4 is 16.0 Å². The molecule has 16 heavy (non-hydrogen) atoms. The van der Waals surface area contributed by atoms with Crippen molar-refractivity contribution in [2.24, 2.45) is 5.73 Å². The Morgan fingerprint density at radius 3 is 2.75 bits per heavy atom. The summed E-state index contributed by atoms with van der Waals surface area (Å²) in [6, 6.07) is -0.163. The van der Waals surface area contributed by atoms with Crippen LogP contribution in [-0.2, 0) is 14.9 Å². The molecule has 8 heteroatoms. The highest BCUT2D eigenvalue weighted by atomic mass is 32.2. The monoisotopic (exact) mass is 250 g/mol. The van der Waals surface area contributed by atoms with Gasteiger partial charge in [0, 0.05) is 19.1 Å². The Balaban J connectivity index is 2.70. The van der Waals surface area contributed by atoms with E-state index in [1.807, 2.05) is 0 Å². The summed E-state index contributed by atoms with van der Waals surface area (Å²) in [5.41, 5.74) is 5.29. The summed E-state index contributed by atoms with van der Waals surface area (Å²) in [4.78, 5) is 0. The van der Waals surface area contributed by atoms with Gasteiger partial charge >= 0.3 is 0 Å². The van der Waals surface area contributed by atoms with Crippen LogP contribution in [0.4, 0.5) is 0 Å². The van der Waals surface area contributed by atoms with Crippen molar-refractivity contribution in [1.29, 1.82) is 5.41 Å². The van der Waals surface area contributed by atoms with Crippen molar-refractivity contribution in [3.63, 3.8) is 0 Å². The Bertz CT molecular complexity index is 354. The van der Waals surface area contributed by atoms with Crippen molar-refractivity contribution < 1.29 is 13.2 Å². The molecule has 1 atom stereocenters. The Morgan fingerprint density at radius 2 is 2.25 bits per heavy atom. The van der Waals surface area contributed by atoms with Crippen LogP contribution in [0.2, 0.25) is 0 Å². The molecule has 0 amide bonds. The standard InChI is InChI=1S/C8H18N4O3S/c1-6(2)11-16(13,14)12-3-4-15-7(5-12)8(9)10/h6-7,11H,3-5H2,1-2H3,(H3,9,10). The van der Waals surface area contributed by atoms with Crippen molar-refractivity contribution in [2.45, 2.75) is 26.0 Å². The molecule has 0 radical (unpaired) electrons. The normalized spacial score (nSPS) is 23.6. The third-order valence-electron chi connectivity index (χ3n) is 2.10. The minimum atomic E-state index is -3.50. The number of nitrogens with one attached hydrogen (secondary N) is 2. The summed E-state index contributed by atoms with van der Waals surface area (Å²) in [5.74, 6) is -0.149. The molecule has 0 aromatic rings. The minimum absolute atomic E-state index is 0.0946. The van der Waals surface area contributed by atoms with Crippen LogP contribution in [0.15, 0.2) is 0 Å². The second-order valence-electron chi connectivity index (χ2n) is 3.95. The summed E-state index contributed by atoms with van der Waals surface area (Å²) >= 11 is 0. The van der Waals surface area contributed by atoms with Crippen molar-refractivity contribution in [3.05, 3.63) is 0 Å². The molecule has 1 fully saturated rings. The van der Waals surface area contributed by atoms with Gasteiger partial charge in [-0.15, -0.1) is 0 Å². The smallest absolute Gasteiger partial charge is 0.279 e. The Labute approximate surface area is 95.6 Å². The summed E-state index contributed by atoms with van der Waals surface area (Å²) in [6.07, 6.45) is -0.641. The maximum absolute atomic E-state index is 11.8. The molecular formula is C8H18N4O3S. The van der Waals surface area contributed by atoms with Crippen LogP contribution in [-0.4, -0.2) is 50.4 Å². The quantitative estimate of drug-likeness (QED) is 0.433. The van der Waals surface area contributed by atoms with E-state index in [-0.39, 0.29) is 31.6 Å². The zero-order chi connectivity index (χ0) is 12.3. The number of morpholine rings is 1. The van der Waals surface area contributed by atoms with Gasteiger partial charge < -0.3 is 10.5 Å². The van der Waals surface area contributed by atoms with Crippen molar-refractivity contribution in [2.75, 3.05) is 19.7 Å². The van der Waals surface area contributed by atoms with E-state index in [1.165, 1.54) is 4.31 Å². The predicted octanol–water partition coefficient (Wildman–Crippen LogP) is -1.13. The minimum Gasteiger partial charge on any atom is -0.385 e. The highest BCUT2D eigenvalue weighted by Gasteiger charge is 2.30. The Morgan fingerprint density at radius 1 is 1.62 bits per heavy atom. The van der Waals surface area contributed by atoms with Gasteiger partial charge in [0.25, 0.3) is 10.2 Å². The van der Waals surface area contributed by atoms with Crippen LogP contribution in [0.1, 0.15) is 13.8 Å². The van der Waals surface area contributed by atoms with Crippen molar-refractivity contribution in [3.8, 4) is 0 Å². The van der Waals surface area contributed by atoms with Crippen LogP contribution >= 0.6 is 0 Å². The molecule has 0 spiro atoms. The number of rotatable bonds is 4. The van der Waals surface area contributed by atoms with E-state index in [9.17, 15) is 8.42 Å². The fourth-order valence-electron chi connectivity index (χ4n) is 1.40. The molecular weight excluding hydrogens is 232 g/mol. The topological polar surface area (TPSA) is 109 Å². The van der Waals surface area contributed by atoms with E-state index in [0.717, 1.165) is 0 Å². The van der Waals surface area contributed by atoms with E-state index in [0.29, 0.717) is 0 Å². The fraction of sp³-hybridized carbons (Fsp3) is 0.875. The van der Waals surface area contributed by atoms with E-state index in [2.05, 4.69) is 4.72 Å². The lowest BCUT2D eigenvalue weighted by atomic mass is 10.3. The number of hydrogen-bond acceptors (Lipinski definition) is 4. The molecule has 1 heterocycles. The molecule has 1 saturated heterocycles. The number of nitrogens with two attached hydrogens (primary N) is 1. The van der Waals surface area contributed by atoms with Gasteiger partial charge in [0.1, 0.15) is 11.9 Å². The second-order valence-corrected chi connectivity index (χ2v) is 5.65. The van der Waals surface area contributed by atoms with Gasteiger partial charge in [-0.2, -0.15) is 17.4 Å². The summed E-state index contributed by atoms with van der Waals surface area (Å²) in [6.45, 7) is 4.13. The number of ether oxygens (including phenoxy) is 1. The average molecular weight is 250 g/mol. The molecule has 1 unspecified atom stereocenters. The van der Waals surface area contributed by atoms with Crippen LogP contribution in [0, 0.1) is 5.41 Å². The first-order valence-corrected chi connectivity index (χ1v) is 6.50. The highest BCUT2D eigenvalue weighted by molar-refractivity contribution is 7.87. The molecule has 0 aromatic heterocycles. The molecule has 0 aliphatic carbocycles. The lowest BCUT2D eigenvalue weighted by Crippen LogP contribution is -2.54. The van der Waals surface area contributed by atoms with Gasteiger partial charge in [-0.1, -0.05) is 0 Å². The third-order valence-corrected chi connectivity index (χ3v) is 3.88. The molecule has 4 N–H and O–H groups in total. The van der Waals surface area contributed by atoms with Gasteiger partial charge in [-0.25, -0.2) is 0 Å². The number of hydrogen-bond donors (Lipinski definition) is 3. The van der Waals surface area contributed by atoms with Gasteiger partial charge in [-0.05, 0) is 13.8 Å². The molecule has 1 aliphatic rings. The molecule has 1 rings (SSSR count). The third kappa shape index (κ3) is 3.41. The first-order chi connectivity index (χ1) is 7.33. The van der Waals surface area contributed by atoms with Gasteiger partial charge in [-0.3, -0.25) is 5.41 Å². The van der Waals surface area contributed by atoms with Crippen LogP contribution in [0.5, 0.6) is 0 Å². The summed E-state index contributed by atoms with van der Waals surface area (Å²) in [5, 5.41) is 7.24.